The lowest BCUT2D eigenvalue weighted by atomic mass is 9.81. The zero-order valence-electron chi connectivity index (χ0n) is 19.0. The summed E-state index contributed by atoms with van der Waals surface area (Å²) in [7, 11) is 3.67. The van der Waals surface area contributed by atoms with Gasteiger partial charge >= 0.3 is 0 Å². The Morgan fingerprint density at radius 3 is 2.68 bits per heavy atom. The normalized spacial score (nSPS) is 20.8. The number of hydrogen-bond donors (Lipinski definition) is 0. The first-order valence-corrected chi connectivity index (χ1v) is 11.3. The Balaban J connectivity index is 1.37. The molecule has 1 saturated heterocycles. The average Bonchev–Trinajstić information content (AvgIpc) is 2.99. The summed E-state index contributed by atoms with van der Waals surface area (Å²) in [5, 5.41) is 4.37. The van der Waals surface area contributed by atoms with E-state index in [1.807, 2.05) is 41.0 Å². The lowest BCUT2D eigenvalue weighted by molar-refractivity contribution is -0.137. The number of aromatic nitrogens is 2. The second-order valence-electron chi connectivity index (χ2n) is 8.88. The molecule has 1 fully saturated rings. The Hall–Kier alpha value is -2.60. The Morgan fingerprint density at radius 1 is 1.16 bits per heavy atom. The number of rotatable bonds is 6. The van der Waals surface area contributed by atoms with Crippen LogP contribution in [-0.4, -0.2) is 52.2 Å². The predicted octanol–water partition coefficient (Wildman–Crippen LogP) is 3.55. The molecule has 0 bridgehead atoms. The van der Waals surface area contributed by atoms with Crippen molar-refractivity contribution < 1.29 is 9.53 Å². The van der Waals surface area contributed by atoms with Crippen molar-refractivity contribution in [2.24, 2.45) is 18.9 Å². The molecule has 6 heteroatoms. The highest BCUT2D eigenvalue weighted by molar-refractivity contribution is 5.80. The van der Waals surface area contributed by atoms with Crippen molar-refractivity contribution in [3.8, 4) is 5.75 Å². The van der Waals surface area contributed by atoms with Gasteiger partial charge in [-0.05, 0) is 62.9 Å². The van der Waals surface area contributed by atoms with E-state index in [0.29, 0.717) is 24.9 Å². The van der Waals surface area contributed by atoms with Crippen molar-refractivity contribution >= 4 is 5.91 Å². The molecule has 31 heavy (non-hydrogen) atoms. The number of likely N-dealkylation sites (tertiary alicyclic amines) is 1. The van der Waals surface area contributed by atoms with Crippen molar-refractivity contribution in [1.82, 2.24) is 19.6 Å². The van der Waals surface area contributed by atoms with Crippen LogP contribution in [0.3, 0.4) is 0 Å². The van der Waals surface area contributed by atoms with Gasteiger partial charge in [0.25, 0.3) is 0 Å². The van der Waals surface area contributed by atoms with Gasteiger partial charge in [0.15, 0.2) is 0 Å². The first kappa shape index (κ1) is 21.6. The zero-order chi connectivity index (χ0) is 21.8. The molecule has 0 radical (unpaired) electrons. The molecule has 1 amide bonds. The average molecular weight is 423 g/mol. The highest BCUT2D eigenvalue weighted by Gasteiger charge is 2.34. The van der Waals surface area contributed by atoms with Crippen LogP contribution in [-0.2, 0) is 24.9 Å². The van der Waals surface area contributed by atoms with E-state index in [1.54, 1.807) is 7.11 Å². The highest BCUT2D eigenvalue weighted by Crippen LogP contribution is 2.32. The van der Waals surface area contributed by atoms with Crippen LogP contribution in [0.15, 0.2) is 42.6 Å². The standard InChI is InChI=1S/C25H34N4O2/c1-19-22(16-26-27(19)2)18-28-13-10-21(11-14-28)24-9-4-5-12-29(25(24)30)17-20-7-6-8-23(15-20)31-3/h4-8,15-16,21,24H,9-14,17-18H2,1-3H3. The van der Waals surface area contributed by atoms with Crippen molar-refractivity contribution in [3.63, 3.8) is 0 Å². The van der Waals surface area contributed by atoms with Crippen LogP contribution < -0.4 is 4.74 Å². The molecule has 0 aliphatic carbocycles. The van der Waals surface area contributed by atoms with Crippen molar-refractivity contribution in [1.29, 1.82) is 0 Å². The molecule has 0 N–H and O–H groups in total. The maximum atomic E-state index is 13.5. The van der Waals surface area contributed by atoms with Crippen LogP contribution in [0.25, 0.3) is 0 Å². The van der Waals surface area contributed by atoms with E-state index in [-0.39, 0.29) is 5.92 Å². The summed E-state index contributed by atoms with van der Waals surface area (Å²) in [4.78, 5) is 18.0. The minimum Gasteiger partial charge on any atom is -0.497 e. The summed E-state index contributed by atoms with van der Waals surface area (Å²) in [5.74, 6) is 1.68. The highest BCUT2D eigenvalue weighted by atomic mass is 16.5. The van der Waals surface area contributed by atoms with E-state index < -0.39 is 0 Å². The molecule has 1 aromatic carbocycles. The molecule has 1 atom stereocenters. The van der Waals surface area contributed by atoms with Crippen LogP contribution in [0.1, 0.15) is 36.1 Å². The third-order valence-electron chi connectivity index (χ3n) is 6.95. The molecule has 2 aliphatic rings. The van der Waals surface area contributed by atoms with E-state index in [2.05, 4.69) is 35.1 Å². The maximum absolute atomic E-state index is 13.5. The molecule has 6 nitrogen and oxygen atoms in total. The first-order chi connectivity index (χ1) is 15.0. The van der Waals surface area contributed by atoms with Crippen LogP contribution in [0.4, 0.5) is 0 Å². The predicted molar refractivity (Wildman–Crippen MR) is 122 cm³/mol. The molecule has 4 rings (SSSR count). The van der Waals surface area contributed by atoms with Gasteiger partial charge in [0.2, 0.25) is 5.91 Å². The molecular weight excluding hydrogens is 388 g/mol. The number of benzene rings is 1. The van der Waals surface area contributed by atoms with Crippen LogP contribution >= 0.6 is 0 Å². The monoisotopic (exact) mass is 422 g/mol. The number of aryl methyl sites for hydroxylation is 1. The number of allylic oxidation sites excluding steroid dienone is 1. The Morgan fingerprint density at radius 2 is 1.97 bits per heavy atom. The number of nitrogens with zero attached hydrogens (tertiary/aromatic N) is 4. The summed E-state index contributed by atoms with van der Waals surface area (Å²) in [5.41, 5.74) is 3.65. The Bertz CT molecular complexity index is 927. The summed E-state index contributed by atoms with van der Waals surface area (Å²) in [6.45, 7) is 6.49. The van der Waals surface area contributed by atoms with Crippen molar-refractivity contribution in [3.05, 3.63) is 59.4 Å². The first-order valence-electron chi connectivity index (χ1n) is 11.3. The molecule has 1 aromatic heterocycles. The number of ether oxygens (including phenoxy) is 1. The van der Waals surface area contributed by atoms with Gasteiger partial charge in [0.05, 0.1) is 13.3 Å². The molecule has 2 aromatic rings. The van der Waals surface area contributed by atoms with Gasteiger partial charge in [-0.25, -0.2) is 0 Å². The van der Waals surface area contributed by atoms with Gasteiger partial charge in [-0.2, -0.15) is 5.10 Å². The Labute approximate surface area is 185 Å². The number of amides is 1. The maximum Gasteiger partial charge on any atom is 0.226 e. The topological polar surface area (TPSA) is 50.6 Å². The van der Waals surface area contributed by atoms with Gasteiger partial charge in [-0.3, -0.25) is 14.4 Å². The van der Waals surface area contributed by atoms with E-state index in [4.69, 9.17) is 4.74 Å². The van der Waals surface area contributed by atoms with Gasteiger partial charge in [0, 0.05) is 43.9 Å². The molecule has 0 spiro atoms. The molecular formula is C25H34N4O2. The molecule has 0 saturated carbocycles. The van der Waals surface area contributed by atoms with E-state index >= 15 is 0 Å². The fourth-order valence-electron chi connectivity index (χ4n) is 4.85. The second-order valence-corrected chi connectivity index (χ2v) is 8.88. The lowest BCUT2D eigenvalue weighted by Crippen LogP contribution is -2.42. The SMILES string of the molecule is COc1cccc(CN2CC=CCC(C3CCN(Cc4cnn(C)c4C)CC3)C2=O)c1. The van der Waals surface area contributed by atoms with Gasteiger partial charge in [-0.1, -0.05) is 24.3 Å². The van der Waals surface area contributed by atoms with Crippen molar-refractivity contribution in [2.45, 2.75) is 39.3 Å². The fourth-order valence-corrected chi connectivity index (χ4v) is 4.85. The van der Waals surface area contributed by atoms with Gasteiger partial charge in [-0.15, -0.1) is 0 Å². The Kier molecular flexibility index (Phi) is 6.76. The van der Waals surface area contributed by atoms with Crippen molar-refractivity contribution in [2.75, 3.05) is 26.7 Å². The third-order valence-corrected chi connectivity index (χ3v) is 6.95. The second kappa shape index (κ2) is 9.69. The van der Waals surface area contributed by atoms with Crippen LogP contribution in [0.2, 0.25) is 0 Å². The summed E-state index contributed by atoms with van der Waals surface area (Å²) in [6.07, 6.45) is 9.36. The smallest absolute Gasteiger partial charge is 0.226 e. The molecule has 2 aliphatic heterocycles. The minimum atomic E-state index is 0.0895. The molecule has 166 valence electrons. The summed E-state index contributed by atoms with van der Waals surface area (Å²) in [6, 6.07) is 8.02. The summed E-state index contributed by atoms with van der Waals surface area (Å²) >= 11 is 0. The summed E-state index contributed by atoms with van der Waals surface area (Å²) < 4.78 is 7.29. The number of carbonyl (C=O) groups is 1. The zero-order valence-corrected chi connectivity index (χ0v) is 19.0. The van der Waals surface area contributed by atoms with Crippen LogP contribution in [0.5, 0.6) is 5.75 Å². The quantitative estimate of drug-likeness (QED) is 0.668. The van der Waals surface area contributed by atoms with Gasteiger partial charge in [0.1, 0.15) is 5.75 Å². The van der Waals surface area contributed by atoms with E-state index in [9.17, 15) is 4.79 Å². The number of methoxy groups -OCH3 is 1. The number of hydrogen-bond acceptors (Lipinski definition) is 4. The van der Waals surface area contributed by atoms with E-state index in [0.717, 1.165) is 50.2 Å². The largest absolute Gasteiger partial charge is 0.497 e. The number of piperidine rings is 1. The lowest BCUT2D eigenvalue weighted by Gasteiger charge is -2.36. The van der Waals surface area contributed by atoms with E-state index in [1.165, 1.54) is 11.3 Å². The van der Waals surface area contributed by atoms with Crippen LogP contribution in [0, 0.1) is 18.8 Å². The third kappa shape index (κ3) is 5.01. The fraction of sp³-hybridized carbons (Fsp3) is 0.520. The molecule has 1 unspecified atom stereocenters. The van der Waals surface area contributed by atoms with Gasteiger partial charge < -0.3 is 9.64 Å². The molecule has 3 heterocycles. The minimum absolute atomic E-state index is 0.0895. The number of carbonyl (C=O) groups excluding carboxylic acids is 1.